The molecule has 6 nitrogen and oxygen atoms in total. The van der Waals surface area contributed by atoms with Gasteiger partial charge >= 0.3 is 0 Å². The quantitative estimate of drug-likeness (QED) is 0.685. The third kappa shape index (κ3) is 6.56. The van der Waals surface area contributed by atoms with Crippen LogP contribution in [0.1, 0.15) is 12.5 Å². The standard InChI is InChI=1S/C19H23FN2O4S/c1-14(19(23)21-11-10-15-6-3-4-9-18(15)20)13-27(24,25)22-16-7-5-8-17(12-16)26-2/h3-9,12,14,22H,10-11,13H2,1-2H3,(H,21,23). The van der Waals surface area contributed by atoms with Crippen molar-refractivity contribution >= 4 is 21.6 Å². The van der Waals surface area contributed by atoms with Gasteiger partial charge in [0, 0.05) is 12.6 Å². The van der Waals surface area contributed by atoms with E-state index in [0.717, 1.165) is 0 Å². The Balaban J connectivity index is 1.85. The molecule has 1 atom stereocenters. The van der Waals surface area contributed by atoms with Crippen LogP contribution in [0.5, 0.6) is 5.75 Å². The van der Waals surface area contributed by atoms with Crippen LogP contribution in [-0.2, 0) is 21.2 Å². The molecule has 8 heteroatoms. The molecule has 27 heavy (non-hydrogen) atoms. The molecule has 146 valence electrons. The fourth-order valence-corrected chi connectivity index (χ4v) is 3.89. The van der Waals surface area contributed by atoms with Crippen LogP contribution in [0.4, 0.5) is 10.1 Å². The Morgan fingerprint density at radius 3 is 2.63 bits per heavy atom. The number of halogens is 1. The molecular weight excluding hydrogens is 371 g/mol. The highest BCUT2D eigenvalue weighted by Crippen LogP contribution is 2.18. The van der Waals surface area contributed by atoms with Gasteiger partial charge in [-0.1, -0.05) is 31.2 Å². The molecule has 0 aliphatic heterocycles. The van der Waals surface area contributed by atoms with Gasteiger partial charge in [0.25, 0.3) is 0 Å². The Bertz CT molecular complexity index is 887. The lowest BCUT2D eigenvalue weighted by molar-refractivity contribution is -0.123. The summed E-state index contributed by atoms with van der Waals surface area (Å²) < 4.78 is 45.6. The fraction of sp³-hybridized carbons (Fsp3) is 0.316. The molecule has 0 radical (unpaired) electrons. The first-order valence-electron chi connectivity index (χ1n) is 8.46. The first kappa shape index (κ1) is 20.7. The second-order valence-corrected chi connectivity index (χ2v) is 7.92. The maximum Gasteiger partial charge on any atom is 0.233 e. The van der Waals surface area contributed by atoms with Crippen LogP contribution in [-0.4, -0.2) is 33.7 Å². The molecule has 1 amide bonds. The second-order valence-electron chi connectivity index (χ2n) is 6.15. The number of methoxy groups -OCH3 is 1. The SMILES string of the molecule is COc1cccc(NS(=O)(=O)CC(C)C(=O)NCCc2ccccc2F)c1. The summed E-state index contributed by atoms with van der Waals surface area (Å²) in [6.07, 6.45) is 0.333. The molecule has 1 unspecified atom stereocenters. The first-order valence-corrected chi connectivity index (χ1v) is 10.1. The number of benzene rings is 2. The average Bonchev–Trinajstić information content (AvgIpc) is 2.62. The van der Waals surface area contributed by atoms with E-state index in [-0.39, 0.29) is 18.1 Å². The summed E-state index contributed by atoms with van der Waals surface area (Å²) >= 11 is 0. The van der Waals surface area contributed by atoms with E-state index in [4.69, 9.17) is 4.74 Å². The summed E-state index contributed by atoms with van der Waals surface area (Å²) in [6, 6.07) is 12.8. The summed E-state index contributed by atoms with van der Waals surface area (Å²) in [5.41, 5.74) is 0.860. The van der Waals surface area contributed by atoms with Gasteiger partial charge in [0.05, 0.1) is 24.5 Å². The highest BCUT2D eigenvalue weighted by molar-refractivity contribution is 7.92. The number of hydrogen-bond acceptors (Lipinski definition) is 4. The Hall–Kier alpha value is -2.61. The molecule has 0 spiro atoms. The Kier molecular flexibility index (Phi) is 7.18. The molecule has 0 bridgehead atoms. The van der Waals surface area contributed by atoms with Crippen molar-refractivity contribution in [3.8, 4) is 5.75 Å². The van der Waals surface area contributed by atoms with Gasteiger partial charge in [-0.3, -0.25) is 9.52 Å². The zero-order valence-electron chi connectivity index (χ0n) is 15.2. The monoisotopic (exact) mass is 394 g/mol. The largest absolute Gasteiger partial charge is 0.497 e. The molecule has 2 N–H and O–H groups in total. The van der Waals surface area contributed by atoms with E-state index in [1.54, 1.807) is 42.5 Å². The molecular formula is C19H23FN2O4S. The lowest BCUT2D eigenvalue weighted by atomic mass is 10.1. The van der Waals surface area contributed by atoms with Crippen molar-refractivity contribution < 1.29 is 22.3 Å². The van der Waals surface area contributed by atoms with E-state index in [1.165, 1.54) is 20.1 Å². The van der Waals surface area contributed by atoms with Crippen LogP contribution >= 0.6 is 0 Å². The van der Waals surface area contributed by atoms with Crippen LogP contribution in [0.25, 0.3) is 0 Å². The second kappa shape index (κ2) is 9.36. The number of carbonyl (C=O) groups excluding carboxylic acids is 1. The number of sulfonamides is 1. The number of anilines is 1. The van der Waals surface area contributed by atoms with Gasteiger partial charge in [-0.25, -0.2) is 12.8 Å². The van der Waals surface area contributed by atoms with Gasteiger partial charge in [-0.2, -0.15) is 0 Å². The minimum atomic E-state index is -3.71. The summed E-state index contributed by atoms with van der Waals surface area (Å²) in [6.45, 7) is 1.76. The minimum Gasteiger partial charge on any atom is -0.497 e. The number of hydrogen-bond donors (Lipinski definition) is 2. The topological polar surface area (TPSA) is 84.5 Å². The maximum atomic E-state index is 13.5. The fourth-order valence-electron chi connectivity index (χ4n) is 2.51. The number of amides is 1. The van der Waals surface area contributed by atoms with E-state index >= 15 is 0 Å². The van der Waals surface area contributed by atoms with Crippen molar-refractivity contribution in [2.24, 2.45) is 5.92 Å². The van der Waals surface area contributed by atoms with Gasteiger partial charge in [0.1, 0.15) is 11.6 Å². The summed E-state index contributed by atoms with van der Waals surface area (Å²) in [4.78, 5) is 12.1. The van der Waals surface area contributed by atoms with Crippen molar-refractivity contribution in [3.63, 3.8) is 0 Å². The molecule has 0 aliphatic carbocycles. The smallest absolute Gasteiger partial charge is 0.233 e. The molecule has 0 saturated heterocycles. The van der Waals surface area contributed by atoms with E-state index in [2.05, 4.69) is 10.0 Å². The van der Waals surface area contributed by atoms with Gasteiger partial charge in [0.2, 0.25) is 15.9 Å². The molecule has 2 aromatic carbocycles. The van der Waals surface area contributed by atoms with E-state index < -0.39 is 21.8 Å². The van der Waals surface area contributed by atoms with Crippen LogP contribution in [0, 0.1) is 11.7 Å². The Morgan fingerprint density at radius 2 is 1.93 bits per heavy atom. The van der Waals surface area contributed by atoms with Crippen LogP contribution < -0.4 is 14.8 Å². The highest BCUT2D eigenvalue weighted by atomic mass is 32.2. The molecule has 0 aliphatic rings. The third-order valence-electron chi connectivity index (χ3n) is 3.91. The summed E-state index contributed by atoms with van der Waals surface area (Å²) in [5.74, 6) is -1.33. The van der Waals surface area contributed by atoms with Gasteiger partial charge in [0.15, 0.2) is 0 Å². The maximum absolute atomic E-state index is 13.5. The van der Waals surface area contributed by atoms with E-state index in [0.29, 0.717) is 23.4 Å². The first-order chi connectivity index (χ1) is 12.8. The summed E-state index contributed by atoms with van der Waals surface area (Å²) in [5, 5.41) is 2.65. The number of ether oxygens (including phenoxy) is 1. The van der Waals surface area contributed by atoms with Crippen molar-refractivity contribution in [1.29, 1.82) is 0 Å². The van der Waals surface area contributed by atoms with Crippen molar-refractivity contribution in [2.75, 3.05) is 24.1 Å². The third-order valence-corrected chi connectivity index (χ3v) is 5.40. The minimum absolute atomic E-state index is 0.230. The molecule has 0 saturated carbocycles. The summed E-state index contributed by atoms with van der Waals surface area (Å²) in [7, 11) is -2.23. The number of rotatable bonds is 9. The van der Waals surface area contributed by atoms with Gasteiger partial charge in [-0.15, -0.1) is 0 Å². The van der Waals surface area contributed by atoms with E-state index in [9.17, 15) is 17.6 Å². The zero-order valence-corrected chi connectivity index (χ0v) is 16.1. The lowest BCUT2D eigenvalue weighted by Crippen LogP contribution is -2.35. The number of carbonyl (C=O) groups is 1. The molecule has 0 aromatic heterocycles. The predicted molar refractivity (Wildman–Crippen MR) is 103 cm³/mol. The van der Waals surface area contributed by atoms with Crippen molar-refractivity contribution in [3.05, 3.63) is 59.9 Å². The number of nitrogens with one attached hydrogen (secondary N) is 2. The Morgan fingerprint density at radius 1 is 1.19 bits per heavy atom. The zero-order chi connectivity index (χ0) is 19.9. The molecule has 2 aromatic rings. The van der Waals surface area contributed by atoms with Crippen LogP contribution in [0.15, 0.2) is 48.5 Å². The molecule has 2 rings (SSSR count). The van der Waals surface area contributed by atoms with Gasteiger partial charge in [-0.05, 0) is 30.2 Å². The van der Waals surface area contributed by atoms with Crippen molar-refractivity contribution in [1.82, 2.24) is 5.32 Å². The molecule has 0 fully saturated rings. The van der Waals surface area contributed by atoms with Crippen LogP contribution in [0.3, 0.4) is 0 Å². The van der Waals surface area contributed by atoms with Crippen LogP contribution in [0.2, 0.25) is 0 Å². The lowest BCUT2D eigenvalue weighted by Gasteiger charge is -2.14. The van der Waals surface area contributed by atoms with Crippen molar-refractivity contribution in [2.45, 2.75) is 13.3 Å². The highest BCUT2D eigenvalue weighted by Gasteiger charge is 2.21. The van der Waals surface area contributed by atoms with E-state index in [1.807, 2.05) is 0 Å². The average molecular weight is 394 g/mol. The Labute approximate surface area is 158 Å². The molecule has 0 heterocycles. The van der Waals surface area contributed by atoms with Gasteiger partial charge < -0.3 is 10.1 Å². The normalized spacial score (nSPS) is 12.3. The predicted octanol–water partition coefficient (Wildman–Crippen LogP) is 2.57.